The predicted molar refractivity (Wildman–Crippen MR) is 125 cm³/mol. The van der Waals surface area contributed by atoms with Gasteiger partial charge in [-0.15, -0.1) is 0 Å². The molecule has 0 radical (unpaired) electrons. The second-order valence-electron chi connectivity index (χ2n) is 8.83. The van der Waals surface area contributed by atoms with Gasteiger partial charge < -0.3 is 10.2 Å². The van der Waals surface area contributed by atoms with E-state index in [1.807, 2.05) is 30.3 Å². The van der Waals surface area contributed by atoms with Crippen LogP contribution in [0.15, 0.2) is 54.6 Å². The van der Waals surface area contributed by atoms with Crippen molar-refractivity contribution in [3.8, 4) is 0 Å². The second-order valence-corrected chi connectivity index (χ2v) is 8.83. The molecule has 1 N–H and O–H groups in total. The van der Waals surface area contributed by atoms with Crippen molar-refractivity contribution >= 4 is 17.5 Å². The van der Waals surface area contributed by atoms with E-state index in [0.29, 0.717) is 44.2 Å². The highest BCUT2D eigenvalue weighted by Crippen LogP contribution is 2.31. The summed E-state index contributed by atoms with van der Waals surface area (Å²) in [6.45, 7) is 2.72. The molecule has 0 unspecified atom stereocenters. The summed E-state index contributed by atoms with van der Waals surface area (Å²) < 4.78 is 0. The number of carbonyl (C=O) groups is 2. The fraction of sp³-hybridized carbons (Fsp3) is 0.440. The normalized spacial score (nSPS) is 18.1. The smallest absolute Gasteiger partial charge is 0.270 e. The molecule has 2 aromatic carbocycles. The van der Waals surface area contributed by atoms with Gasteiger partial charge in [-0.1, -0.05) is 49.2 Å². The van der Waals surface area contributed by atoms with E-state index in [1.54, 1.807) is 11.0 Å². The van der Waals surface area contributed by atoms with Crippen LogP contribution in [0, 0.1) is 16.0 Å². The lowest BCUT2D eigenvalue weighted by Gasteiger charge is -2.40. The van der Waals surface area contributed by atoms with Gasteiger partial charge >= 0.3 is 0 Å². The van der Waals surface area contributed by atoms with Crippen molar-refractivity contribution in [2.75, 3.05) is 26.2 Å². The molecular formula is C25H30N4O4. The van der Waals surface area contributed by atoms with Crippen LogP contribution in [0.25, 0.3) is 0 Å². The molecule has 8 nitrogen and oxygen atoms in total. The van der Waals surface area contributed by atoms with Crippen LogP contribution in [-0.4, -0.2) is 58.8 Å². The Balaban J connectivity index is 1.39. The maximum Gasteiger partial charge on any atom is 0.270 e. The van der Waals surface area contributed by atoms with Crippen LogP contribution < -0.4 is 5.32 Å². The highest BCUT2D eigenvalue weighted by molar-refractivity contribution is 5.95. The molecule has 1 saturated heterocycles. The van der Waals surface area contributed by atoms with Crippen LogP contribution in [0.5, 0.6) is 0 Å². The van der Waals surface area contributed by atoms with Gasteiger partial charge in [-0.3, -0.25) is 24.6 Å². The van der Waals surface area contributed by atoms with Crippen molar-refractivity contribution in [2.45, 2.75) is 38.3 Å². The minimum atomic E-state index is -0.491. The van der Waals surface area contributed by atoms with Crippen LogP contribution in [0.3, 0.4) is 0 Å². The van der Waals surface area contributed by atoms with E-state index in [4.69, 9.17) is 0 Å². The lowest BCUT2D eigenvalue weighted by molar-refractivity contribution is -0.384. The van der Waals surface area contributed by atoms with Crippen LogP contribution in [-0.2, 0) is 11.3 Å². The van der Waals surface area contributed by atoms with E-state index in [2.05, 4.69) is 10.2 Å². The van der Waals surface area contributed by atoms with Crippen molar-refractivity contribution in [3.63, 3.8) is 0 Å². The Labute approximate surface area is 193 Å². The van der Waals surface area contributed by atoms with Gasteiger partial charge in [0.15, 0.2) is 0 Å². The van der Waals surface area contributed by atoms with Gasteiger partial charge in [-0.2, -0.15) is 0 Å². The highest BCUT2D eigenvalue weighted by Gasteiger charge is 2.37. The molecule has 1 aliphatic carbocycles. The number of rotatable bonds is 7. The van der Waals surface area contributed by atoms with Gasteiger partial charge in [-0.05, 0) is 30.4 Å². The van der Waals surface area contributed by atoms with Crippen LogP contribution in [0.1, 0.15) is 41.6 Å². The SMILES string of the molecule is O=C(NCc1ccccc1)[C@H](C1CCCC1)N1CCN(C(=O)c2cccc([N+](=O)[O-])c2)CC1. The maximum absolute atomic E-state index is 13.2. The van der Waals surface area contributed by atoms with Crippen molar-refractivity contribution in [3.05, 3.63) is 75.8 Å². The first kappa shape index (κ1) is 22.9. The van der Waals surface area contributed by atoms with Crippen LogP contribution >= 0.6 is 0 Å². The number of hydrogen-bond acceptors (Lipinski definition) is 5. The Morgan fingerprint density at radius 1 is 1.00 bits per heavy atom. The van der Waals surface area contributed by atoms with Crippen LogP contribution in [0.4, 0.5) is 5.69 Å². The van der Waals surface area contributed by atoms with Crippen molar-refractivity contribution in [1.29, 1.82) is 0 Å². The third-order valence-corrected chi connectivity index (χ3v) is 6.72. The minimum absolute atomic E-state index is 0.0595. The Hall–Kier alpha value is -3.26. The highest BCUT2D eigenvalue weighted by atomic mass is 16.6. The van der Waals surface area contributed by atoms with E-state index in [-0.39, 0.29) is 23.5 Å². The maximum atomic E-state index is 13.2. The molecular weight excluding hydrogens is 420 g/mol. The third-order valence-electron chi connectivity index (χ3n) is 6.72. The van der Waals surface area contributed by atoms with Crippen molar-refractivity contribution in [1.82, 2.24) is 15.1 Å². The Morgan fingerprint density at radius 3 is 2.36 bits per heavy atom. The fourth-order valence-corrected chi connectivity index (χ4v) is 4.98. The molecule has 0 bridgehead atoms. The number of nitrogens with one attached hydrogen (secondary N) is 1. The summed E-state index contributed by atoms with van der Waals surface area (Å²) >= 11 is 0. The molecule has 2 aromatic rings. The third kappa shape index (κ3) is 5.57. The molecule has 1 heterocycles. The number of hydrogen-bond donors (Lipinski definition) is 1. The van der Waals surface area contributed by atoms with Gasteiger partial charge in [0.05, 0.1) is 11.0 Å². The minimum Gasteiger partial charge on any atom is -0.351 e. The number of benzene rings is 2. The summed E-state index contributed by atoms with van der Waals surface area (Å²) in [7, 11) is 0. The van der Waals surface area contributed by atoms with Crippen molar-refractivity contribution < 1.29 is 14.5 Å². The molecule has 33 heavy (non-hydrogen) atoms. The number of non-ortho nitro benzene ring substituents is 1. The number of amides is 2. The second kappa shape index (κ2) is 10.6. The number of nitro benzene ring substituents is 1. The average molecular weight is 451 g/mol. The standard InChI is InChI=1S/C25H30N4O4/c30-24(26-18-19-7-2-1-3-8-19)23(20-9-4-5-10-20)27-13-15-28(16-14-27)25(31)21-11-6-12-22(17-21)29(32)33/h1-3,6-8,11-12,17,20,23H,4-5,9-10,13-16,18H2,(H,26,30)/t23-/m0/s1. The molecule has 1 atom stereocenters. The van der Waals surface area contributed by atoms with E-state index in [1.165, 1.54) is 18.2 Å². The van der Waals surface area contributed by atoms with E-state index >= 15 is 0 Å². The summed E-state index contributed by atoms with van der Waals surface area (Å²) in [6.07, 6.45) is 4.41. The first-order chi connectivity index (χ1) is 16.0. The summed E-state index contributed by atoms with van der Waals surface area (Å²) in [5.41, 5.74) is 1.31. The van der Waals surface area contributed by atoms with Gasteiger partial charge in [0.2, 0.25) is 5.91 Å². The number of nitrogens with zero attached hydrogens (tertiary/aromatic N) is 3. The van der Waals surface area contributed by atoms with E-state index in [0.717, 1.165) is 31.2 Å². The molecule has 8 heteroatoms. The topological polar surface area (TPSA) is 95.8 Å². The first-order valence-corrected chi connectivity index (χ1v) is 11.6. The van der Waals surface area contributed by atoms with Gasteiger partial charge in [0.25, 0.3) is 11.6 Å². The van der Waals surface area contributed by atoms with Gasteiger partial charge in [0, 0.05) is 50.4 Å². The van der Waals surface area contributed by atoms with Crippen LogP contribution in [0.2, 0.25) is 0 Å². The molecule has 174 valence electrons. The number of piperazine rings is 1. The zero-order chi connectivity index (χ0) is 23.2. The molecule has 1 aliphatic heterocycles. The summed E-state index contributed by atoms with van der Waals surface area (Å²) in [6, 6.07) is 15.6. The molecule has 0 aromatic heterocycles. The quantitative estimate of drug-likeness (QED) is 0.516. The molecule has 4 rings (SSSR count). The molecule has 0 spiro atoms. The fourth-order valence-electron chi connectivity index (χ4n) is 4.98. The van der Waals surface area contributed by atoms with E-state index < -0.39 is 4.92 Å². The lowest BCUT2D eigenvalue weighted by atomic mass is 9.94. The van der Waals surface area contributed by atoms with Crippen molar-refractivity contribution in [2.24, 2.45) is 5.92 Å². The average Bonchev–Trinajstić information content (AvgIpc) is 3.38. The Kier molecular flexibility index (Phi) is 7.34. The zero-order valence-corrected chi connectivity index (χ0v) is 18.7. The number of nitro groups is 1. The monoisotopic (exact) mass is 450 g/mol. The molecule has 2 fully saturated rings. The van der Waals surface area contributed by atoms with Gasteiger partial charge in [-0.25, -0.2) is 0 Å². The van der Waals surface area contributed by atoms with E-state index in [9.17, 15) is 19.7 Å². The molecule has 2 amide bonds. The zero-order valence-electron chi connectivity index (χ0n) is 18.7. The summed E-state index contributed by atoms with van der Waals surface area (Å²) in [5, 5.41) is 14.2. The molecule has 1 saturated carbocycles. The predicted octanol–water partition coefficient (Wildman–Crippen LogP) is 3.23. The summed E-state index contributed by atoms with van der Waals surface area (Å²) in [4.78, 5) is 40.6. The van der Waals surface area contributed by atoms with Gasteiger partial charge in [0.1, 0.15) is 0 Å². The number of carbonyl (C=O) groups excluding carboxylic acids is 2. The Bertz CT molecular complexity index is 983. The Morgan fingerprint density at radius 2 is 1.70 bits per heavy atom. The largest absolute Gasteiger partial charge is 0.351 e. The molecule has 2 aliphatic rings. The summed E-state index contributed by atoms with van der Waals surface area (Å²) in [5.74, 6) is 0.188. The lowest BCUT2D eigenvalue weighted by Crippen LogP contribution is -2.57. The first-order valence-electron chi connectivity index (χ1n) is 11.6.